The minimum atomic E-state index is -5.00. The molecule has 1 amide bonds. The van der Waals surface area contributed by atoms with Gasteiger partial charge in [0.05, 0.1) is 0 Å². The van der Waals surface area contributed by atoms with Crippen molar-refractivity contribution in [3.8, 4) is 0 Å². The first-order valence-electron chi connectivity index (χ1n) is 2.61. The van der Waals surface area contributed by atoms with Crippen LogP contribution in [0.25, 0.3) is 0 Å². The standard InChI is InChI=1S/C5H4F3NO3/c6-5(7,8)4(12)9-2-1-3(10)11/h1-2H,(H,9,12)(H,10,11). The second-order valence-corrected chi connectivity index (χ2v) is 1.64. The van der Waals surface area contributed by atoms with Crippen molar-refractivity contribution in [3.05, 3.63) is 12.3 Å². The number of carboxylic acid groups (broad SMARTS) is 1. The molecule has 68 valence electrons. The van der Waals surface area contributed by atoms with E-state index in [4.69, 9.17) is 5.11 Å². The van der Waals surface area contributed by atoms with Gasteiger partial charge in [0, 0.05) is 12.3 Å². The highest BCUT2D eigenvalue weighted by molar-refractivity contribution is 5.84. The molecule has 0 aromatic heterocycles. The smallest absolute Gasteiger partial charge is 0.471 e. The monoisotopic (exact) mass is 183 g/mol. The van der Waals surface area contributed by atoms with Gasteiger partial charge in [-0.05, 0) is 0 Å². The maximum absolute atomic E-state index is 11.4. The molecular weight excluding hydrogens is 179 g/mol. The Hall–Kier alpha value is -1.53. The van der Waals surface area contributed by atoms with Crippen LogP contribution < -0.4 is 5.32 Å². The van der Waals surface area contributed by atoms with Crippen molar-refractivity contribution < 1.29 is 27.9 Å². The Kier molecular flexibility index (Phi) is 3.27. The summed E-state index contributed by atoms with van der Waals surface area (Å²) in [5, 5.41) is 9.14. The third-order valence-corrected chi connectivity index (χ3v) is 0.698. The molecule has 4 nitrogen and oxygen atoms in total. The second-order valence-electron chi connectivity index (χ2n) is 1.64. The number of carboxylic acids is 1. The van der Waals surface area contributed by atoms with Crippen LogP contribution >= 0.6 is 0 Å². The predicted molar refractivity (Wildman–Crippen MR) is 31.0 cm³/mol. The van der Waals surface area contributed by atoms with Gasteiger partial charge in [0.15, 0.2) is 0 Å². The van der Waals surface area contributed by atoms with E-state index in [1.807, 2.05) is 0 Å². The molecule has 0 aliphatic heterocycles. The lowest BCUT2D eigenvalue weighted by Gasteiger charge is -2.02. The molecular formula is C5H4F3NO3. The summed E-state index contributed by atoms with van der Waals surface area (Å²) in [5.74, 6) is -3.66. The Balaban J connectivity index is 3.96. The molecule has 0 rings (SSSR count). The van der Waals surface area contributed by atoms with Gasteiger partial charge >= 0.3 is 18.1 Å². The van der Waals surface area contributed by atoms with Crippen molar-refractivity contribution in [1.29, 1.82) is 0 Å². The quantitative estimate of drug-likeness (QED) is 0.603. The van der Waals surface area contributed by atoms with Gasteiger partial charge in [0.25, 0.3) is 0 Å². The molecule has 0 fully saturated rings. The molecule has 0 saturated heterocycles. The zero-order valence-electron chi connectivity index (χ0n) is 5.55. The fourth-order valence-corrected chi connectivity index (χ4v) is 0.270. The first kappa shape index (κ1) is 10.5. The molecule has 7 heteroatoms. The topological polar surface area (TPSA) is 66.4 Å². The van der Waals surface area contributed by atoms with Crippen LogP contribution in [-0.2, 0) is 9.59 Å². The van der Waals surface area contributed by atoms with E-state index in [9.17, 15) is 22.8 Å². The fourth-order valence-electron chi connectivity index (χ4n) is 0.270. The van der Waals surface area contributed by atoms with Crippen LogP contribution in [0.5, 0.6) is 0 Å². The van der Waals surface area contributed by atoms with Crippen molar-refractivity contribution in [2.45, 2.75) is 6.18 Å². The summed E-state index contributed by atoms with van der Waals surface area (Å²) in [7, 11) is 0. The zero-order chi connectivity index (χ0) is 9.78. The van der Waals surface area contributed by atoms with Crippen molar-refractivity contribution in [2.24, 2.45) is 0 Å². The lowest BCUT2D eigenvalue weighted by Crippen LogP contribution is -2.33. The van der Waals surface area contributed by atoms with Gasteiger partial charge in [-0.1, -0.05) is 0 Å². The highest BCUT2D eigenvalue weighted by Gasteiger charge is 2.37. The van der Waals surface area contributed by atoms with Crippen LogP contribution in [0.2, 0.25) is 0 Å². The number of hydrogen-bond acceptors (Lipinski definition) is 2. The predicted octanol–water partition coefficient (Wildman–Crippen LogP) is 0.263. The molecule has 0 unspecified atom stereocenters. The highest BCUT2D eigenvalue weighted by atomic mass is 19.4. The van der Waals surface area contributed by atoms with Crippen LogP contribution in [0.1, 0.15) is 0 Å². The van der Waals surface area contributed by atoms with Crippen LogP contribution in [-0.4, -0.2) is 23.2 Å². The van der Waals surface area contributed by atoms with Crippen LogP contribution in [0.4, 0.5) is 13.2 Å². The van der Waals surface area contributed by atoms with Gasteiger partial charge in [-0.15, -0.1) is 0 Å². The van der Waals surface area contributed by atoms with Gasteiger partial charge in [0.2, 0.25) is 0 Å². The minimum absolute atomic E-state index is 0.379. The highest BCUT2D eigenvalue weighted by Crippen LogP contribution is 2.13. The van der Waals surface area contributed by atoms with Crippen molar-refractivity contribution in [3.63, 3.8) is 0 Å². The first-order chi connectivity index (χ1) is 5.34. The molecule has 0 aliphatic rings. The number of aliphatic carboxylic acids is 1. The maximum atomic E-state index is 11.4. The average molecular weight is 183 g/mol. The molecule has 12 heavy (non-hydrogen) atoms. The molecule has 0 saturated carbocycles. The summed E-state index contributed by atoms with van der Waals surface area (Å²) in [5.41, 5.74) is 0. The summed E-state index contributed by atoms with van der Waals surface area (Å²) < 4.78 is 34.1. The molecule has 0 bridgehead atoms. The molecule has 0 heterocycles. The van der Waals surface area contributed by atoms with Gasteiger partial charge in [-0.2, -0.15) is 13.2 Å². The number of carbonyl (C=O) groups is 2. The van der Waals surface area contributed by atoms with Crippen molar-refractivity contribution in [2.75, 3.05) is 0 Å². The lowest BCUT2D eigenvalue weighted by molar-refractivity contribution is -0.172. The summed E-state index contributed by atoms with van der Waals surface area (Å²) in [6.45, 7) is 0. The molecule has 2 N–H and O–H groups in total. The van der Waals surface area contributed by atoms with E-state index >= 15 is 0 Å². The van der Waals surface area contributed by atoms with Gasteiger partial charge in [-0.25, -0.2) is 4.79 Å². The largest absolute Gasteiger partial charge is 0.478 e. The van der Waals surface area contributed by atoms with Gasteiger partial charge in [0.1, 0.15) is 0 Å². The van der Waals surface area contributed by atoms with E-state index in [1.165, 1.54) is 5.32 Å². The van der Waals surface area contributed by atoms with E-state index in [-0.39, 0.29) is 0 Å². The Morgan fingerprint density at radius 3 is 2.17 bits per heavy atom. The Morgan fingerprint density at radius 2 is 1.83 bits per heavy atom. The second kappa shape index (κ2) is 3.74. The van der Waals surface area contributed by atoms with E-state index < -0.39 is 18.1 Å². The number of amides is 1. The third kappa shape index (κ3) is 4.31. The molecule has 0 spiro atoms. The fraction of sp³-hybridized carbons (Fsp3) is 0.200. The van der Waals surface area contributed by atoms with E-state index in [0.717, 1.165) is 0 Å². The third-order valence-electron chi connectivity index (χ3n) is 0.698. The Labute approximate surface area is 64.7 Å². The summed E-state index contributed by atoms with van der Waals surface area (Å²) in [4.78, 5) is 19.7. The van der Waals surface area contributed by atoms with Crippen molar-refractivity contribution >= 4 is 11.9 Å². The van der Waals surface area contributed by atoms with Crippen LogP contribution in [0.3, 0.4) is 0 Å². The summed E-state index contributed by atoms with van der Waals surface area (Å²) >= 11 is 0. The molecule has 0 aromatic carbocycles. The lowest BCUT2D eigenvalue weighted by atomic mass is 10.5. The Morgan fingerprint density at radius 1 is 1.33 bits per heavy atom. The average Bonchev–Trinajstić information content (AvgIpc) is 1.84. The minimum Gasteiger partial charge on any atom is -0.478 e. The molecule has 0 aliphatic carbocycles. The van der Waals surface area contributed by atoms with Crippen LogP contribution in [0.15, 0.2) is 12.3 Å². The number of rotatable bonds is 2. The van der Waals surface area contributed by atoms with Gasteiger partial charge in [-0.3, -0.25) is 4.79 Å². The number of alkyl halides is 3. The van der Waals surface area contributed by atoms with E-state index in [0.29, 0.717) is 12.3 Å². The molecule has 0 radical (unpaired) electrons. The number of hydrogen-bond donors (Lipinski definition) is 2. The van der Waals surface area contributed by atoms with Crippen LogP contribution in [0, 0.1) is 0 Å². The maximum Gasteiger partial charge on any atom is 0.471 e. The molecule has 0 atom stereocenters. The summed E-state index contributed by atoms with van der Waals surface area (Å²) in [6, 6.07) is 0. The number of halogens is 3. The number of carbonyl (C=O) groups excluding carboxylic acids is 1. The van der Waals surface area contributed by atoms with E-state index in [1.54, 1.807) is 0 Å². The normalized spacial score (nSPS) is 11.6. The number of nitrogens with one attached hydrogen (secondary N) is 1. The zero-order valence-corrected chi connectivity index (χ0v) is 5.55. The first-order valence-corrected chi connectivity index (χ1v) is 2.61. The Bertz CT molecular complexity index is 220. The van der Waals surface area contributed by atoms with Gasteiger partial charge < -0.3 is 10.4 Å². The SMILES string of the molecule is O=C(O)C=CNC(=O)C(F)(F)F. The molecule has 0 aromatic rings. The van der Waals surface area contributed by atoms with Crippen molar-refractivity contribution in [1.82, 2.24) is 5.32 Å². The summed E-state index contributed by atoms with van der Waals surface area (Å²) in [6.07, 6.45) is -4.22. The van der Waals surface area contributed by atoms with E-state index in [2.05, 4.69) is 0 Å².